The van der Waals surface area contributed by atoms with Crippen molar-refractivity contribution in [3.05, 3.63) is 58.1 Å². The van der Waals surface area contributed by atoms with Gasteiger partial charge in [0.1, 0.15) is 12.4 Å². The molecule has 0 atom stereocenters. The lowest BCUT2D eigenvalue weighted by atomic mass is 10.0. The number of aryl methyl sites for hydroxylation is 3. The summed E-state index contributed by atoms with van der Waals surface area (Å²) in [6.45, 7) is 6.75. The number of hydrogen-bond acceptors (Lipinski definition) is 2. The third-order valence-electron chi connectivity index (χ3n) is 4.25. The maximum absolute atomic E-state index is 6.20. The number of fused-ring (bicyclic) bond motifs is 1. The average molecular weight is 316 g/mol. The summed E-state index contributed by atoms with van der Waals surface area (Å²) in [5.74, 6) is 0.907. The molecule has 2 aromatic carbocycles. The molecule has 0 N–H and O–H groups in total. The van der Waals surface area contributed by atoms with E-state index in [4.69, 9.17) is 16.3 Å². The summed E-state index contributed by atoms with van der Waals surface area (Å²) in [5.41, 5.74) is 4.95. The Morgan fingerprint density at radius 3 is 2.64 bits per heavy atom. The van der Waals surface area contributed by atoms with Crippen molar-refractivity contribution in [3.63, 3.8) is 0 Å². The van der Waals surface area contributed by atoms with Gasteiger partial charge in [-0.15, -0.1) is 0 Å². The van der Waals surface area contributed by atoms with Gasteiger partial charge in [0, 0.05) is 17.3 Å². The van der Waals surface area contributed by atoms with Crippen LogP contribution in [0.1, 0.15) is 23.1 Å². The highest BCUT2D eigenvalue weighted by atomic mass is 35.5. The SMILES string of the molecule is Cc1cc(OCCN2CCCc3ccccc32)cc(C)c1Cl. The normalized spacial score (nSPS) is 13.9. The topological polar surface area (TPSA) is 12.5 Å². The zero-order valence-electron chi connectivity index (χ0n) is 13.2. The molecule has 0 fully saturated rings. The second kappa shape index (κ2) is 6.62. The quantitative estimate of drug-likeness (QED) is 0.804. The van der Waals surface area contributed by atoms with E-state index in [9.17, 15) is 0 Å². The fraction of sp³-hybridized carbons (Fsp3) is 0.368. The lowest BCUT2D eigenvalue weighted by Gasteiger charge is -2.31. The second-order valence-electron chi connectivity index (χ2n) is 5.94. The predicted octanol–water partition coefficient (Wildman–Crippen LogP) is 4.79. The van der Waals surface area contributed by atoms with E-state index in [1.165, 1.54) is 24.1 Å². The van der Waals surface area contributed by atoms with Crippen molar-refractivity contribution >= 4 is 17.3 Å². The van der Waals surface area contributed by atoms with Gasteiger partial charge in [-0.05, 0) is 61.6 Å². The summed E-state index contributed by atoms with van der Waals surface area (Å²) in [6, 6.07) is 12.7. The second-order valence-corrected chi connectivity index (χ2v) is 6.32. The monoisotopic (exact) mass is 315 g/mol. The van der Waals surface area contributed by atoms with Gasteiger partial charge in [-0.25, -0.2) is 0 Å². The van der Waals surface area contributed by atoms with Crippen LogP contribution in [-0.4, -0.2) is 19.7 Å². The molecule has 22 heavy (non-hydrogen) atoms. The highest BCUT2D eigenvalue weighted by Gasteiger charge is 2.15. The molecular formula is C19H22ClNO. The molecule has 0 aliphatic carbocycles. The van der Waals surface area contributed by atoms with Crippen LogP contribution in [0.15, 0.2) is 36.4 Å². The molecule has 1 aliphatic rings. The molecular weight excluding hydrogens is 294 g/mol. The number of halogens is 1. The first-order chi connectivity index (χ1) is 10.6. The fourth-order valence-electron chi connectivity index (χ4n) is 3.11. The molecule has 0 spiro atoms. The molecule has 1 aliphatic heterocycles. The van der Waals surface area contributed by atoms with Crippen molar-refractivity contribution in [2.45, 2.75) is 26.7 Å². The third-order valence-corrected chi connectivity index (χ3v) is 4.84. The number of benzene rings is 2. The standard InChI is InChI=1S/C19H22ClNO/c1-14-12-17(13-15(2)19(14)20)22-11-10-21-9-5-7-16-6-3-4-8-18(16)21/h3-4,6,8,12-13H,5,7,9-11H2,1-2H3. The molecule has 2 nitrogen and oxygen atoms in total. The largest absolute Gasteiger partial charge is 0.492 e. The Kier molecular flexibility index (Phi) is 4.58. The smallest absolute Gasteiger partial charge is 0.120 e. The van der Waals surface area contributed by atoms with Crippen molar-refractivity contribution < 1.29 is 4.74 Å². The van der Waals surface area contributed by atoms with E-state index < -0.39 is 0 Å². The van der Waals surface area contributed by atoms with E-state index in [1.807, 2.05) is 26.0 Å². The van der Waals surface area contributed by atoms with Gasteiger partial charge in [-0.3, -0.25) is 0 Å². The summed E-state index contributed by atoms with van der Waals surface area (Å²) in [4.78, 5) is 2.43. The van der Waals surface area contributed by atoms with Crippen LogP contribution in [-0.2, 0) is 6.42 Å². The van der Waals surface area contributed by atoms with E-state index >= 15 is 0 Å². The van der Waals surface area contributed by atoms with Gasteiger partial charge < -0.3 is 9.64 Å². The molecule has 0 saturated carbocycles. The van der Waals surface area contributed by atoms with Gasteiger partial charge in [0.25, 0.3) is 0 Å². The van der Waals surface area contributed by atoms with Crippen LogP contribution < -0.4 is 9.64 Å². The molecule has 3 rings (SSSR count). The van der Waals surface area contributed by atoms with Crippen LogP contribution in [0.5, 0.6) is 5.75 Å². The van der Waals surface area contributed by atoms with Gasteiger partial charge in [0.2, 0.25) is 0 Å². The molecule has 0 bridgehead atoms. The zero-order chi connectivity index (χ0) is 15.5. The molecule has 116 valence electrons. The summed E-state index contributed by atoms with van der Waals surface area (Å²) in [6.07, 6.45) is 2.40. The molecule has 0 aromatic heterocycles. The maximum Gasteiger partial charge on any atom is 0.120 e. The van der Waals surface area contributed by atoms with E-state index in [2.05, 4.69) is 29.2 Å². The van der Waals surface area contributed by atoms with Crippen molar-refractivity contribution in [2.75, 3.05) is 24.6 Å². The Morgan fingerprint density at radius 2 is 1.86 bits per heavy atom. The van der Waals surface area contributed by atoms with E-state index in [1.54, 1.807) is 0 Å². The van der Waals surface area contributed by atoms with Gasteiger partial charge in [0.15, 0.2) is 0 Å². The Bertz CT molecular complexity index is 645. The number of para-hydroxylation sites is 1. The van der Waals surface area contributed by atoms with E-state index in [0.29, 0.717) is 6.61 Å². The fourth-order valence-corrected chi connectivity index (χ4v) is 3.22. The van der Waals surface area contributed by atoms with Crippen molar-refractivity contribution in [1.29, 1.82) is 0 Å². The minimum Gasteiger partial charge on any atom is -0.492 e. The molecule has 1 heterocycles. The summed E-state index contributed by atoms with van der Waals surface area (Å²) in [5, 5.41) is 0.831. The summed E-state index contributed by atoms with van der Waals surface area (Å²) >= 11 is 6.20. The summed E-state index contributed by atoms with van der Waals surface area (Å²) in [7, 11) is 0. The number of nitrogens with zero attached hydrogens (tertiary/aromatic N) is 1. The predicted molar refractivity (Wildman–Crippen MR) is 93.4 cm³/mol. The average Bonchev–Trinajstić information content (AvgIpc) is 2.53. The Balaban J connectivity index is 1.63. The number of rotatable bonds is 4. The zero-order valence-corrected chi connectivity index (χ0v) is 14.0. The third kappa shape index (κ3) is 3.22. The highest BCUT2D eigenvalue weighted by Crippen LogP contribution is 2.27. The first-order valence-corrected chi connectivity index (χ1v) is 8.25. The Hall–Kier alpha value is -1.67. The van der Waals surface area contributed by atoms with Crippen molar-refractivity contribution in [3.8, 4) is 5.75 Å². The van der Waals surface area contributed by atoms with Crippen molar-refractivity contribution in [2.24, 2.45) is 0 Å². The van der Waals surface area contributed by atoms with Crippen LogP contribution in [0.4, 0.5) is 5.69 Å². The lowest BCUT2D eigenvalue weighted by Crippen LogP contribution is -2.33. The highest BCUT2D eigenvalue weighted by molar-refractivity contribution is 6.32. The molecule has 3 heteroatoms. The number of hydrogen-bond donors (Lipinski definition) is 0. The van der Waals surface area contributed by atoms with Gasteiger partial charge >= 0.3 is 0 Å². The minimum atomic E-state index is 0.689. The maximum atomic E-state index is 6.20. The molecule has 0 radical (unpaired) electrons. The summed E-state index contributed by atoms with van der Waals surface area (Å²) < 4.78 is 5.94. The van der Waals surface area contributed by atoms with Crippen LogP contribution in [0.3, 0.4) is 0 Å². The first kappa shape index (κ1) is 15.2. The Morgan fingerprint density at radius 1 is 1.14 bits per heavy atom. The Labute approximate surface area is 137 Å². The lowest BCUT2D eigenvalue weighted by molar-refractivity contribution is 0.322. The van der Waals surface area contributed by atoms with Crippen LogP contribution in [0, 0.1) is 13.8 Å². The molecule has 0 unspecified atom stereocenters. The van der Waals surface area contributed by atoms with Crippen LogP contribution in [0.25, 0.3) is 0 Å². The minimum absolute atomic E-state index is 0.689. The number of anilines is 1. The van der Waals surface area contributed by atoms with E-state index in [-0.39, 0.29) is 0 Å². The van der Waals surface area contributed by atoms with Gasteiger partial charge in [0.05, 0.1) is 6.54 Å². The van der Waals surface area contributed by atoms with Crippen LogP contribution in [0.2, 0.25) is 5.02 Å². The van der Waals surface area contributed by atoms with E-state index in [0.717, 1.165) is 35.0 Å². The first-order valence-electron chi connectivity index (χ1n) is 7.87. The molecule has 0 amide bonds. The number of ether oxygens (including phenoxy) is 1. The van der Waals surface area contributed by atoms with Crippen molar-refractivity contribution in [1.82, 2.24) is 0 Å². The molecule has 0 saturated heterocycles. The van der Waals surface area contributed by atoms with Gasteiger partial charge in [-0.2, -0.15) is 0 Å². The molecule has 2 aromatic rings. The van der Waals surface area contributed by atoms with Crippen LogP contribution >= 0.6 is 11.6 Å². The van der Waals surface area contributed by atoms with Gasteiger partial charge in [-0.1, -0.05) is 29.8 Å².